The minimum Gasteiger partial charge on any atom is -0.297 e. The molecule has 0 aliphatic heterocycles. The Morgan fingerprint density at radius 1 is 1.25 bits per heavy atom. The van der Waals surface area contributed by atoms with Gasteiger partial charge in [-0.15, -0.1) is 10.2 Å². The van der Waals surface area contributed by atoms with Crippen LogP contribution in [0, 0.1) is 0 Å². The summed E-state index contributed by atoms with van der Waals surface area (Å²) in [5.74, 6) is -0.261. The normalized spacial score (nSPS) is 11.2. The van der Waals surface area contributed by atoms with Crippen molar-refractivity contribution in [2.75, 3.05) is 5.32 Å². The Labute approximate surface area is 143 Å². The Morgan fingerprint density at radius 2 is 2.08 bits per heavy atom. The number of fused-ring (bicyclic) bond motifs is 1. The predicted molar refractivity (Wildman–Crippen MR) is 95.7 cm³/mol. The maximum absolute atomic E-state index is 12.0. The van der Waals surface area contributed by atoms with E-state index in [1.807, 2.05) is 24.3 Å². The van der Waals surface area contributed by atoms with Crippen molar-refractivity contribution in [3.8, 4) is 0 Å². The summed E-state index contributed by atoms with van der Waals surface area (Å²) >= 11 is 1.41. The number of anilines is 1. The van der Waals surface area contributed by atoms with E-state index in [0.717, 1.165) is 35.3 Å². The van der Waals surface area contributed by atoms with E-state index in [0.29, 0.717) is 10.8 Å². The predicted octanol–water partition coefficient (Wildman–Crippen LogP) is 3.48. The van der Waals surface area contributed by atoms with Crippen LogP contribution in [0.25, 0.3) is 17.1 Å². The van der Waals surface area contributed by atoms with Crippen LogP contribution in [0.1, 0.15) is 30.5 Å². The standard InChI is InChI=1S/C17H17N5OS/c1-2-3-8-16-21-22-17(24-16)20-15(23)10-9-12-11-18-13-6-4-5-7-14(13)19-12/h4-7,9-11H,2-3,8H2,1H3,(H,20,22,23). The molecule has 0 aliphatic carbocycles. The van der Waals surface area contributed by atoms with Gasteiger partial charge in [-0.3, -0.25) is 15.1 Å². The van der Waals surface area contributed by atoms with E-state index < -0.39 is 0 Å². The lowest BCUT2D eigenvalue weighted by Gasteiger charge is -1.98. The molecular weight excluding hydrogens is 322 g/mol. The summed E-state index contributed by atoms with van der Waals surface area (Å²) in [7, 11) is 0. The number of para-hydroxylation sites is 2. The quantitative estimate of drug-likeness (QED) is 0.695. The van der Waals surface area contributed by atoms with E-state index in [-0.39, 0.29) is 5.91 Å². The van der Waals surface area contributed by atoms with Crippen molar-refractivity contribution in [1.29, 1.82) is 0 Å². The first-order valence-electron chi connectivity index (χ1n) is 7.78. The van der Waals surface area contributed by atoms with Gasteiger partial charge in [0, 0.05) is 12.5 Å². The van der Waals surface area contributed by atoms with Gasteiger partial charge in [0.2, 0.25) is 11.0 Å². The number of carbonyl (C=O) groups excluding carboxylic acids is 1. The third-order valence-corrected chi connectivity index (χ3v) is 4.21. The Morgan fingerprint density at radius 3 is 2.92 bits per heavy atom. The summed E-state index contributed by atoms with van der Waals surface area (Å²) in [6.45, 7) is 2.13. The molecule has 0 saturated carbocycles. The van der Waals surface area contributed by atoms with E-state index >= 15 is 0 Å². The SMILES string of the molecule is CCCCc1nnc(NC(=O)C=Cc2cnc3ccccc3n2)s1. The molecule has 6 nitrogen and oxygen atoms in total. The van der Waals surface area contributed by atoms with Gasteiger partial charge in [-0.2, -0.15) is 0 Å². The zero-order valence-corrected chi connectivity index (χ0v) is 14.1. The highest BCUT2D eigenvalue weighted by atomic mass is 32.1. The maximum atomic E-state index is 12.0. The fraction of sp³-hybridized carbons (Fsp3) is 0.235. The summed E-state index contributed by atoms with van der Waals surface area (Å²) in [5.41, 5.74) is 2.25. The number of carbonyl (C=O) groups is 1. The molecule has 0 fully saturated rings. The molecule has 1 aromatic carbocycles. The molecule has 0 bridgehead atoms. The van der Waals surface area contributed by atoms with Crippen LogP contribution in [0.5, 0.6) is 0 Å². The topological polar surface area (TPSA) is 80.7 Å². The molecule has 0 radical (unpaired) electrons. The monoisotopic (exact) mass is 339 g/mol. The molecule has 0 aliphatic rings. The van der Waals surface area contributed by atoms with E-state index in [2.05, 4.69) is 32.4 Å². The third-order valence-electron chi connectivity index (χ3n) is 3.31. The van der Waals surface area contributed by atoms with Crippen LogP contribution in [0.15, 0.2) is 36.5 Å². The molecule has 0 spiro atoms. The van der Waals surface area contributed by atoms with Crippen molar-refractivity contribution in [3.05, 3.63) is 47.2 Å². The summed E-state index contributed by atoms with van der Waals surface area (Å²) in [6.07, 6.45) is 7.77. The molecule has 0 unspecified atom stereocenters. The highest BCUT2D eigenvalue weighted by Crippen LogP contribution is 2.17. The smallest absolute Gasteiger partial charge is 0.250 e. The number of rotatable bonds is 6. The van der Waals surface area contributed by atoms with Crippen molar-refractivity contribution < 1.29 is 4.79 Å². The minimum atomic E-state index is -0.261. The second-order valence-electron chi connectivity index (χ2n) is 5.21. The zero-order valence-electron chi connectivity index (χ0n) is 13.3. The van der Waals surface area contributed by atoms with E-state index in [9.17, 15) is 4.79 Å². The van der Waals surface area contributed by atoms with Crippen LogP contribution in [0.2, 0.25) is 0 Å². The molecule has 2 heterocycles. The van der Waals surface area contributed by atoms with E-state index in [1.165, 1.54) is 17.4 Å². The fourth-order valence-corrected chi connectivity index (χ4v) is 2.88. The number of unbranched alkanes of at least 4 members (excludes halogenated alkanes) is 1. The van der Waals surface area contributed by atoms with Gasteiger partial charge in [0.15, 0.2) is 0 Å². The number of nitrogens with zero attached hydrogens (tertiary/aromatic N) is 4. The first-order chi connectivity index (χ1) is 11.7. The number of hydrogen-bond acceptors (Lipinski definition) is 6. The third kappa shape index (κ3) is 4.20. The molecular formula is C17H17N5OS. The number of aryl methyl sites for hydroxylation is 1. The summed E-state index contributed by atoms with van der Waals surface area (Å²) in [4.78, 5) is 20.7. The summed E-state index contributed by atoms with van der Waals surface area (Å²) in [5, 5.41) is 12.2. The maximum Gasteiger partial charge on any atom is 0.250 e. The van der Waals surface area contributed by atoms with Crippen LogP contribution in [-0.2, 0) is 11.2 Å². The highest BCUT2D eigenvalue weighted by Gasteiger charge is 2.06. The van der Waals surface area contributed by atoms with Gasteiger partial charge in [0.05, 0.1) is 22.9 Å². The van der Waals surface area contributed by atoms with Crippen molar-refractivity contribution in [3.63, 3.8) is 0 Å². The fourth-order valence-electron chi connectivity index (χ4n) is 2.09. The molecule has 1 amide bonds. The number of hydrogen-bond donors (Lipinski definition) is 1. The summed E-state index contributed by atoms with van der Waals surface area (Å²) in [6, 6.07) is 7.60. The van der Waals surface area contributed by atoms with Crippen LogP contribution in [-0.4, -0.2) is 26.1 Å². The van der Waals surface area contributed by atoms with Crippen LogP contribution < -0.4 is 5.32 Å². The minimum absolute atomic E-state index is 0.261. The van der Waals surface area contributed by atoms with E-state index in [1.54, 1.807) is 12.3 Å². The van der Waals surface area contributed by atoms with Gasteiger partial charge < -0.3 is 0 Å². The van der Waals surface area contributed by atoms with Crippen LogP contribution in [0.3, 0.4) is 0 Å². The molecule has 1 N–H and O–H groups in total. The van der Waals surface area contributed by atoms with Gasteiger partial charge in [-0.25, -0.2) is 4.98 Å². The zero-order chi connectivity index (χ0) is 16.8. The van der Waals surface area contributed by atoms with Crippen molar-refractivity contribution in [2.24, 2.45) is 0 Å². The lowest BCUT2D eigenvalue weighted by molar-refractivity contribution is -0.111. The lowest BCUT2D eigenvalue weighted by atomic mass is 10.3. The van der Waals surface area contributed by atoms with E-state index in [4.69, 9.17) is 0 Å². The Bertz CT molecular complexity index is 874. The largest absolute Gasteiger partial charge is 0.297 e. The number of aromatic nitrogens is 4. The van der Waals surface area contributed by atoms with Gasteiger partial charge in [0.25, 0.3) is 0 Å². The van der Waals surface area contributed by atoms with Crippen molar-refractivity contribution in [1.82, 2.24) is 20.2 Å². The first kappa shape index (κ1) is 16.2. The lowest BCUT2D eigenvalue weighted by Crippen LogP contribution is -2.07. The molecule has 0 saturated heterocycles. The van der Waals surface area contributed by atoms with Crippen LogP contribution in [0.4, 0.5) is 5.13 Å². The Balaban J connectivity index is 1.62. The first-order valence-corrected chi connectivity index (χ1v) is 8.59. The van der Waals surface area contributed by atoms with Gasteiger partial charge in [-0.1, -0.05) is 36.8 Å². The molecule has 2 aromatic heterocycles. The molecule has 24 heavy (non-hydrogen) atoms. The summed E-state index contributed by atoms with van der Waals surface area (Å²) < 4.78 is 0. The van der Waals surface area contributed by atoms with Crippen molar-refractivity contribution >= 4 is 39.5 Å². The van der Waals surface area contributed by atoms with Gasteiger partial charge in [-0.05, 0) is 24.6 Å². The van der Waals surface area contributed by atoms with Crippen molar-refractivity contribution in [2.45, 2.75) is 26.2 Å². The molecule has 122 valence electrons. The van der Waals surface area contributed by atoms with Gasteiger partial charge >= 0.3 is 0 Å². The Hall–Kier alpha value is -2.67. The Kier molecular flexibility index (Phi) is 5.22. The number of benzene rings is 1. The molecule has 3 rings (SSSR count). The number of amides is 1. The molecule has 0 atom stereocenters. The second kappa shape index (κ2) is 7.74. The molecule has 7 heteroatoms. The average molecular weight is 339 g/mol. The van der Waals surface area contributed by atoms with Gasteiger partial charge in [0.1, 0.15) is 5.01 Å². The van der Waals surface area contributed by atoms with Crippen LogP contribution >= 0.6 is 11.3 Å². The highest BCUT2D eigenvalue weighted by molar-refractivity contribution is 7.15. The second-order valence-corrected chi connectivity index (χ2v) is 6.27. The average Bonchev–Trinajstić information content (AvgIpc) is 3.05. The number of nitrogens with one attached hydrogen (secondary N) is 1. The molecule has 3 aromatic rings.